The van der Waals surface area contributed by atoms with Crippen LogP contribution in [0.4, 0.5) is 4.79 Å². The average molecular weight is 425 g/mol. The van der Waals surface area contributed by atoms with Crippen LogP contribution in [-0.2, 0) is 6.42 Å². The van der Waals surface area contributed by atoms with Gasteiger partial charge >= 0.3 is 6.16 Å². The number of carbonyl (C=O) groups is 1. The van der Waals surface area contributed by atoms with Crippen LogP contribution in [0.15, 0.2) is 54.6 Å². The summed E-state index contributed by atoms with van der Waals surface area (Å²) in [6.45, 7) is 2.28. The van der Waals surface area contributed by atoms with Gasteiger partial charge in [-0.3, -0.25) is 0 Å². The van der Waals surface area contributed by atoms with E-state index >= 15 is 0 Å². The lowest BCUT2D eigenvalue weighted by Gasteiger charge is -2.07. The predicted octanol–water partition coefficient (Wildman–Crippen LogP) is 8.90. The lowest BCUT2D eigenvalue weighted by atomic mass is 10.0. The summed E-state index contributed by atoms with van der Waals surface area (Å²) in [4.78, 5) is 11.9. The quantitative estimate of drug-likeness (QED) is 0.153. The minimum Gasteiger partial charge on any atom is -0.395 e. The number of benzene rings is 2. The molecule has 31 heavy (non-hydrogen) atoms. The van der Waals surface area contributed by atoms with Crippen LogP contribution in [0.1, 0.15) is 96.0 Å². The summed E-state index contributed by atoms with van der Waals surface area (Å²) in [5.74, 6) is 1.02. The number of unbranched alkanes of at least 4 members (excludes halogenated alkanes) is 12. The molecule has 0 saturated heterocycles. The highest BCUT2D eigenvalue weighted by molar-refractivity contribution is 5.67. The highest BCUT2D eigenvalue weighted by Crippen LogP contribution is 2.18. The van der Waals surface area contributed by atoms with Crippen molar-refractivity contribution < 1.29 is 14.3 Å². The van der Waals surface area contributed by atoms with E-state index in [4.69, 9.17) is 9.47 Å². The van der Waals surface area contributed by atoms with Gasteiger partial charge in [-0.05, 0) is 42.7 Å². The molecule has 0 aliphatic heterocycles. The van der Waals surface area contributed by atoms with Crippen LogP contribution in [0.5, 0.6) is 11.5 Å². The molecule has 0 aliphatic carbocycles. The molecular weight excluding hydrogens is 384 g/mol. The molecule has 3 nitrogen and oxygen atoms in total. The van der Waals surface area contributed by atoms with Crippen LogP contribution in [0, 0.1) is 0 Å². The Hall–Kier alpha value is -2.29. The van der Waals surface area contributed by atoms with Gasteiger partial charge in [-0.1, -0.05) is 114 Å². The summed E-state index contributed by atoms with van der Waals surface area (Å²) in [7, 11) is 0. The van der Waals surface area contributed by atoms with Crippen LogP contribution in [0.2, 0.25) is 0 Å². The van der Waals surface area contributed by atoms with Gasteiger partial charge in [0.25, 0.3) is 0 Å². The molecule has 0 radical (unpaired) electrons. The molecule has 170 valence electrons. The molecule has 0 spiro atoms. The molecule has 0 fully saturated rings. The second kappa shape index (κ2) is 16.4. The van der Waals surface area contributed by atoms with Crippen LogP contribution in [0.3, 0.4) is 0 Å². The summed E-state index contributed by atoms with van der Waals surface area (Å²) in [6, 6.07) is 16.7. The standard InChI is InChI=1S/C28H40O3/c1-2-3-4-5-6-7-8-9-10-11-12-13-15-19-25-20-18-23-27(24-25)31-28(29)30-26-21-16-14-17-22-26/h14,16-18,20-24H,2-13,15,19H2,1H3. The Morgan fingerprint density at radius 2 is 1.13 bits per heavy atom. The van der Waals surface area contributed by atoms with Gasteiger partial charge < -0.3 is 9.47 Å². The van der Waals surface area contributed by atoms with Gasteiger partial charge in [0.05, 0.1) is 0 Å². The zero-order valence-corrected chi connectivity index (χ0v) is 19.3. The van der Waals surface area contributed by atoms with Crippen molar-refractivity contribution in [1.82, 2.24) is 0 Å². The Kier molecular flexibility index (Phi) is 13.2. The maximum absolute atomic E-state index is 11.9. The number of hydrogen-bond donors (Lipinski definition) is 0. The molecular formula is C28H40O3. The molecule has 2 aromatic rings. The lowest BCUT2D eigenvalue weighted by Crippen LogP contribution is -2.13. The Morgan fingerprint density at radius 3 is 1.74 bits per heavy atom. The smallest absolute Gasteiger partial charge is 0.395 e. The maximum atomic E-state index is 11.9. The first-order valence-corrected chi connectivity index (χ1v) is 12.3. The van der Waals surface area contributed by atoms with Crippen molar-refractivity contribution in [3.63, 3.8) is 0 Å². The Balaban J connectivity index is 1.50. The second-order valence-corrected chi connectivity index (χ2v) is 8.41. The van der Waals surface area contributed by atoms with Crippen molar-refractivity contribution in [2.24, 2.45) is 0 Å². The summed E-state index contributed by atoms with van der Waals surface area (Å²) in [5, 5.41) is 0. The SMILES string of the molecule is CCCCCCCCCCCCCCCc1cccc(OC(=O)Oc2ccccc2)c1. The molecule has 0 atom stereocenters. The highest BCUT2D eigenvalue weighted by Gasteiger charge is 2.08. The van der Waals surface area contributed by atoms with Crippen molar-refractivity contribution >= 4 is 6.16 Å². The third kappa shape index (κ3) is 12.2. The van der Waals surface area contributed by atoms with Gasteiger partial charge in [0.1, 0.15) is 11.5 Å². The van der Waals surface area contributed by atoms with E-state index in [9.17, 15) is 4.79 Å². The van der Waals surface area contributed by atoms with Crippen LogP contribution < -0.4 is 9.47 Å². The largest absolute Gasteiger partial charge is 0.519 e. The van der Waals surface area contributed by atoms with E-state index < -0.39 is 6.16 Å². The minimum absolute atomic E-state index is 0.482. The van der Waals surface area contributed by atoms with Gasteiger partial charge in [0.15, 0.2) is 0 Å². The maximum Gasteiger partial charge on any atom is 0.519 e. The van der Waals surface area contributed by atoms with E-state index in [1.165, 1.54) is 89.0 Å². The van der Waals surface area contributed by atoms with Crippen LogP contribution in [-0.4, -0.2) is 6.16 Å². The van der Waals surface area contributed by atoms with E-state index in [0.29, 0.717) is 11.5 Å². The third-order valence-electron chi connectivity index (χ3n) is 5.61. The highest BCUT2D eigenvalue weighted by atomic mass is 16.7. The number of aryl methyl sites for hydroxylation is 1. The van der Waals surface area contributed by atoms with Crippen molar-refractivity contribution in [2.75, 3.05) is 0 Å². The molecule has 3 heteroatoms. The summed E-state index contributed by atoms with van der Waals surface area (Å²) >= 11 is 0. The molecule has 0 amide bonds. The van der Waals surface area contributed by atoms with Crippen LogP contribution >= 0.6 is 0 Å². The third-order valence-corrected chi connectivity index (χ3v) is 5.61. The normalized spacial score (nSPS) is 10.7. The summed E-state index contributed by atoms with van der Waals surface area (Å²) in [6.07, 6.45) is 18.0. The zero-order chi connectivity index (χ0) is 22.0. The fourth-order valence-corrected chi connectivity index (χ4v) is 3.81. The molecule has 0 aliphatic rings. The molecule has 0 heterocycles. The molecule has 2 aromatic carbocycles. The number of hydrogen-bond acceptors (Lipinski definition) is 3. The van der Waals surface area contributed by atoms with E-state index in [2.05, 4.69) is 13.0 Å². The van der Waals surface area contributed by atoms with E-state index in [1.54, 1.807) is 18.2 Å². The molecule has 0 saturated carbocycles. The Labute approximate surface area is 189 Å². The second-order valence-electron chi connectivity index (χ2n) is 8.41. The van der Waals surface area contributed by atoms with Crippen molar-refractivity contribution in [2.45, 2.75) is 96.8 Å². The van der Waals surface area contributed by atoms with E-state index in [1.807, 2.05) is 30.3 Å². The number of para-hydroxylation sites is 1. The monoisotopic (exact) mass is 424 g/mol. The van der Waals surface area contributed by atoms with Gasteiger partial charge in [-0.15, -0.1) is 0 Å². The zero-order valence-electron chi connectivity index (χ0n) is 19.3. The van der Waals surface area contributed by atoms with E-state index in [0.717, 1.165) is 6.42 Å². The molecule has 0 bridgehead atoms. The first kappa shape index (κ1) is 25.0. The Morgan fingerprint density at radius 1 is 0.613 bits per heavy atom. The first-order chi connectivity index (χ1) is 15.3. The van der Waals surface area contributed by atoms with E-state index in [-0.39, 0.29) is 0 Å². The molecule has 0 unspecified atom stereocenters. The van der Waals surface area contributed by atoms with Gasteiger partial charge in [-0.25, -0.2) is 4.79 Å². The number of rotatable bonds is 16. The summed E-state index contributed by atoms with van der Waals surface area (Å²) in [5.41, 5.74) is 1.20. The van der Waals surface area contributed by atoms with Crippen LogP contribution in [0.25, 0.3) is 0 Å². The topological polar surface area (TPSA) is 35.5 Å². The Bertz CT molecular complexity index is 711. The van der Waals surface area contributed by atoms with Crippen molar-refractivity contribution in [3.8, 4) is 11.5 Å². The first-order valence-electron chi connectivity index (χ1n) is 12.3. The summed E-state index contributed by atoms with van der Waals surface area (Å²) < 4.78 is 10.5. The van der Waals surface area contributed by atoms with Crippen molar-refractivity contribution in [1.29, 1.82) is 0 Å². The molecule has 2 rings (SSSR count). The van der Waals surface area contributed by atoms with Crippen molar-refractivity contribution in [3.05, 3.63) is 60.2 Å². The predicted molar refractivity (Wildman–Crippen MR) is 129 cm³/mol. The average Bonchev–Trinajstić information content (AvgIpc) is 2.78. The number of ether oxygens (including phenoxy) is 2. The number of carbonyl (C=O) groups excluding carboxylic acids is 1. The van der Waals surface area contributed by atoms with Gasteiger partial charge in [0, 0.05) is 0 Å². The fraction of sp³-hybridized carbons (Fsp3) is 0.536. The van der Waals surface area contributed by atoms with Gasteiger partial charge in [0.2, 0.25) is 0 Å². The molecule has 0 N–H and O–H groups in total. The fourth-order valence-electron chi connectivity index (χ4n) is 3.81. The lowest BCUT2D eigenvalue weighted by molar-refractivity contribution is 0.152. The minimum atomic E-state index is -0.704. The van der Waals surface area contributed by atoms with Gasteiger partial charge in [-0.2, -0.15) is 0 Å². The molecule has 0 aromatic heterocycles.